The van der Waals surface area contributed by atoms with Gasteiger partial charge in [-0.25, -0.2) is 4.98 Å². The minimum atomic E-state index is 0.223. The average Bonchev–Trinajstić information content (AvgIpc) is 2.92. The maximum absolute atomic E-state index is 12.1. The molecule has 1 saturated heterocycles. The van der Waals surface area contributed by atoms with E-state index in [-0.39, 0.29) is 5.91 Å². The fourth-order valence-electron chi connectivity index (χ4n) is 3.01. The fraction of sp³-hybridized carbons (Fsp3) is 0.467. The molecule has 2 heterocycles. The molecule has 1 aliphatic rings. The first-order valence-corrected chi connectivity index (χ1v) is 7.17. The zero-order valence-electron chi connectivity index (χ0n) is 11.7. The molecule has 5 nitrogen and oxygen atoms in total. The number of anilines is 1. The molecule has 0 radical (unpaired) electrons. The van der Waals surface area contributed by atoms with Gasteiger partial charge in [0.25, 0.3) is 0 Å². The fourth-order valence-corrected chi connectivity index (χ4v) is 3.01. The van der Waals surface area contributed by atoms with Crippen LogP contribution < -0.4 is 5.73 Å². The number of hydrogen-bond donors (Lipinski definition) is 1. The predicted octanol–water partition coefficient (Wildman–Crippen LogP) is 2.22. The van der Waals surface area contributed by atoms with Crippen molar-refractivity contribution in [2.24, 2.45) is 5.92 Å². The molecule has 1 aromatic heterocycles. The molecule has 1 amide bonds. The summed E-state index contributed by atoms with van der Waals surface area (Å²) in [6, 6.07) is 7.83. The van der Waals surface area contributed by atoms with Crippen molar-refractivity contribution < 1.29 is 4.79 Å². The summed E-state index contributed by atoms with van der Waals surface area (Å²) in [6.45, 7) is 3.50. The van der Waals surface area contributed by atoms with Crippen LogP contribution in [-0.4, -0.2) is 26.9 Å². The van der Waals surface area contributed by atoms with E-state index in [2.05, 4.69) is 11.9 Å². The third-order valence-electron chi connectivity index (χ3n) is 3.99. The molecule has 3 rings (SSSR count). The SMILES string of the molecule is CCCC1CC(=O)N(Cn2c(N)nc3ccccc32)C1. The van der Waals surface area contributed by atoms with E-state index in [1.165, 1.54) is 0 Å². The molecule has 1 aliphatic heterocycles. The van der Waals surface area contributed by atoms with Gasteiger partial charge in [0.1, 0.15) is 6.67 Å². The summed E-state index contributed by atoms with van der Waals surface area (Å²) in [6.07, 6.45) is 2.91. The van der Waals surface area contributed by atoms with Crippen LogP contribution in [0.5, 0.6) is 0 Å². The third kappa shape index (κ3) is 2.24. The van der Waals surface area contributed by atoms with Crippen molar-refractivity contribution in [1.82, 2.24) is 14.5 Å². The second-order valence-electron chi connectivity index (χ2n) is 5.50. The van der Waals surface area contributed by atoms with Crippen molar-refractivity contribution in [3.05, 3.63) is 24.3 Å². The number of nitrogens with zero attached hydrogens (tertiary/aromatic N) is 3. The van der Waals surface area contributed by atoms with E-state index in [0.29, 0.717) is 25.0 Å². The number of hydrogen-bond acceptors (Lipinski definition) is 3. The highest BCUT2D eigenvalue weighted by molar-refractivity contribution is 5.80. The summed E-state index contributed by atoms with van der Waals surface area (Å²) in [4.78, 5) is 18.3. The lowest BCUT2D eigenvalue weighted by Crippen LogP contribution is -2.28. The van der Waals surface area contributed by atoms with Crippen LogP contribution in [0.2, 0.25) is 0 Å². The molecule has 2 N–H and O–H groups in total. The number of nitrogen functional groups attached to an aromatic ring is 1. The van der Waals surface area contributed by atoms with Gasteiger partial charge < -0.3 is 10.6 Å². The van der Waals surface area contributed by atoms with Crippen molar-refractivity contribution >= 4 is 22.9 Å². The van der Waals surface area contributed by atoms with Crippen LogP contribution in [0.4, 0.5) is 5.95 Å². The summed E-state index contributed by atoms with van der Waals surface area (Å²) in [5.41, 5.74) is 7.84. The Balaban J connectivity index is 1.83. The third-order valence-corrected chi connectivity index (χ3v) is 3.99. The lowest BCUT2D eigenvalue weighted by molar-refractivity contribution is -0.129. The minimum absolute atomic E-state index is 0.223. The monoisotopic (exact) mass is 272 g/mol. The molecule has 1 atom stereocenters. The van der Waals surface area contributed by atoms with Gasteiger partial charge in [-0.3, -0.25) is 9.36 Å². The van der Waals surface area contributed by atoms with Gasteiger partial charge in [0.15, 0.2) is 0 Å². The van der Waals surface area contributed by atoms with E-state index in [1.807, 2.05) is 33.7 Å². The molecule has 0 aliphatic carbocycles. The first-order valence-electron chi connectivity index (χ1n) is 7.17. The summed E-state index contributed by atoms with van der Waals surface area (Å²) in [5.74, 6) is 1.18. The van der Waals surface area contributed by atoms with Gasteiger partial charge in [-0.05, 0) is 24.5 Å². The Kier molecular flexibility index (Phi) is 3.34. The first kappa shape index (κ1) is 13.0. The maximum atomic E-state index is 12.1. The number of fused-ring (bicyclic) bond motifs is 1. The van der Waals surface area contributed by atoms with Crippen molar-refractivity contribution in [3.63, 3.8) is 0 Å². The molecule has 20 heavy (non-hydrogen) atoms. The summed E-state index contributed by atoms with van der Waals surface area (Å²) in [5, 5.41) is 0. The quantitative estimate of drug-likeness (QED) is 0.928. The number of imidazole rings is 1. The molecule has 0 saturated carbocycles. The van der Waals surface area contributed by atoms with Crippen LogP contribution >= 0.6 is 0 Å². The first-order chi connectivity index (χ1) is 9.69. The molecular weight excluding hydrogens is 252 g/mol. The Labute approximate surface area is 118 Å². The number of rotatable bonds is 4. The minimum Gasteiger partial charge on any atom is -0.369 e. The van der Waals surface area contributed by atoms with E-state index >= 15 is 0 Å². The molecule has 1 fully saturated rings. The standard InChI is InChI=1S/C15H20N4O/c1-2-5-11-8-14(20)18(9-11)10-19-13-7-4-3-6-12(13)17-15(19)16/h3-4,6-7,11H,2,5,8-10H2,1H3,(H2,16,17). The van der Waals surface area contributed by atoms with Crippen LogP contribution in [0.3, 0.4) is 0 Å². The highest BCUT2D eigenvalue weighted by Gasteiger charge is 2.29. The van der Waals surface area contributed by atoms with Crippen LogP contribution in [0.1, 0.15) is 26.2 Å². The molecule has 1 aromatic carbocycles. The van der Waals surface area contributed by atoms with Gasteiger partial charge in [0.05, 0.1) is 11.0 Å². The van der Waals surface area contributed by atoms with Gasteiger partial charge in [-0.2, -0.15) is 0 Å². The summed E-state index contributed by atoms with van der Waals surface area (Å²) in [7, 11) is 0. The number of para-hydroxylation sites is 2. The lowest BCUT2D eigenvalue weighted by atomic mass is 10.0. The van der Waals surface area contributed by atoms with Gasteiger partial charge in [0.2, 0.25) is 11.9 Å². The van der Waals surface area contributed by atoms with Crippen molar-refractivity contribution in [2.75, 3.05) is 12.3 Å². The molecule has 2 aromatic rings. The molecule has 5 heteroatoms. The number of nitrogens with two attached hydrogens (primary N) is 1. The van der Waals surface area contributed by atoms with Crippen molar-refractivity contribution in [2.45, 2.75) is 32.9 Å². The Morgan fingerprint density at radius 1 is 1.40 bits per heavy atom. The van der Waals surface area contributed by atoms with Crippen LogP contribution in [-0.2, 0) is 11.5 Å². The number of carbonyl (C=O) groups is 1. The zero-order valence-corrected chi connectivity index (χ0v) is 11.7. The second kappa shape index (κ2) is 5.15. The highest BCUT2D eigenvalue weighted by atomic mass is 16.2. The molecule has 0 bridgehead atoms. The second-order valence-corrected chi connectivity index (χ2v) is 5.50. The zero-order chi connectivity index (χ0) is 14.1. The summed E-state index contributed by atoms with van der Waals surface area (Å²) >= 11 is 0. The van der Waals surface area contributed by atoms with Crippen LogP contribution in [0.25, 0.3) is 11.0 Å². The van der Waals surface area contributed by atoms with Gasteiger partial charge >= 0.3 is 0 Å². The van der Waals surface area contributed by atoms with Crippen molar-refractivity contribution in [3.8, 4) is 0 Å². The maximum Gasteiger partial charge on any atom is 0.224 e. The predicted molar refractivity (Wildman–Crippen MR) is 78.9 cm³/mol. The number of carbonyl (C=O) groups excluding carboxylic acids is 1. The molecule has 1 unspecified atom stereocenters. The number of likely N-dealkylation sites (tertiary alicyclic amines) is 1. The molecular formula is C15H20N4O. The van der Waals surface area contributed by atoms with E-state index in [1.54, 1.807) is 0 Å². The Morgan fingerprint density at radius 3 is 3.00 bits per heavy atom. The normalized spacial score (nSPS) is 19.1. The topological polar surface area (TPSA) is 64.2 Å². The van der Waals surface area contributed by atoms with Gasteiger partial charge in [-0.15, -0.1) is 0 Å². The Morgan fingerprint density at radius 2 is 2.20 bits per heavy atom. The number of amides is 1. The summed E-state index contributed by atoms with van der Waals surface area (Å²) < 4.78 is 1.92. The lowest BCUT2D eigenvalue weighted by Gasteiger charge is -2.18. The Hall–Kier alpha value is -2.04. The number of aromatic nitrogens is 2. The smallest absolute Gasteiger partial charge is 0.224 e. The van der Waals surface area contributed by atoms with Gasteiger partial charge in [-0.1, -0.05) is 25.5 Å². The Bertz CT molecular complexity index is 634. The van der Waals surface area contributed by atoms with E-state index in [9.17, 15) is 4.79 Å². The number of benzene rings is 1. The van der Waals surface area contributed by atoms with E-state index in [0.717, 1.165) is 30.4 Å². The highest BCUT2D eigenvalue weighted by Crippen LogP contribution is 2.25. The molecule has 0 spiro atoms. The van der Waals surface area contributed by atoms with Crippen LogP contribution in [0.15, 0.2) is 24.3 Å². The molecule has 106 valence electrons. The van der Waals surface area contributed by atoms with E-state index < -0.39 is 0 Å². The van der Waals surface area contributed by atoms with Gasteiger partial charge in [0, 0.05) is 13.0 Å². The van der Waals surface area contributed by atoms with Crippen molar-refractivity contribution in [1.29, 1.82) is 0 Å². The van der Waals surface area contributed by atoms with Crippen LogP contribution in [0, 0.1) is 5.92 Å². The average molecular weight is 272 g/mol. The largest absolute Gasteiger partial charge is 0.369 e. The van der Waals surface area contributed by atoms with E-state index in [4.69, 9.17) is 5.73 Å².